The fraction of sp³-hybridized carbons (Fsp3) is 0.385. The van der Waals surface area contributed by atoms with Gasteiger partial charge >= 0.3 is 0 Å². The van der Waals surface area contributed by atoms with Gasteiger partial charge in [0.1, 0.15) is 17.2 Å². The molecule has 0 aromatic heterocycles. The van der Waals surface area contributed by atoms with E-state index in [1.807, 2.05) is 6.92 Å². The molecule has 0 amide bonds. The highest BCUT2D eigenvalue weighted by Gasteiger charge is 2.19. The van der Waals surface area contributed by atoms with Gasteiger partial charge in [-0.1, -0.05) is 5.57 Å². The predicted molar refractivity (Wildman–Crippen MR) is 67.6 cm³/mol. The van der Waals surface area contributed by atoms with Gasteiger partial charge in [-0.15, -0.1) is 6.58 Å². The Hall–Kier alpha value is -1.68. The van der Waals surface area contributed by atoms with Crippen molar-refractivity contribution in [1.82, 2.24) is 0 Å². The van der Waals surface area contributed by atoms with E-state index < -0.39 is 0 Å². The molecule has 1 aromatic carbocycles. The molecule has 94 valence electrons. The first-order valence-electron chi connectivity index (χ1n) is 5.34. The standard InChI is InChI=1S/C13H19NO3/c1-8(2)5-10(14)13-11(16-3)6-9(15)7-12(13)17-4/h6-7,10,15H,1,5,14H2,2-4H3/t10-/m1/s1. The van der Waals surface area contributed by atoms with Crippen LogP contribution in [0.3, 0.4) is 0 Å². The molecule has 4 nitrogen and oxygen atoms in total. The van der Waals surface area contributed by atoms with Crippen molar-refractivity contribution in [1.29, 1.82) is 0 Å². The summed E-state index contributed by atoms with van der Waals surface area (Å²) in [4.78, 5) is 0. The number of hydrogen-bond donors (Lipinski definition) is 2. The van der Waals surface area contributed by atoms with E-state index in [1.54, 1.807) is 0 Å². The Morgan fingerprint density at radius 1 is 1.35 bits per heavy atom. The van der Waals surface area contributed by atoms with E-state index in [2.05, 4.69) is 6.58 Å². The molecule has 0 aliphatic carbocycles. The van der Waals surface area contributed by atoms with Gasteiger partial charge in [0.2, 0.25) is 0 Å². The summed E-state index contributed by atoms with van der Waals surface area (Å²) >= 11 is 0. The lowest BCUT2D eigenvalue weighted by atomic mass is 9.99. The van der Waals surface area contributed by atoms with Gasteiger partial charge in [0.05, 0.1) is 19.8 Å². The van der Waals surface area contributed by atoms with Crippen LogP contribution in [0.1, 0.15) is 24.9 Å². The van der Waals surface area contributed by atoms with Crippen LogP contribution in [0.25, 0.3) is 0 Å². The summed E-state index contributed by atoms with van der Waals surface area (Å²) in [5, 5.41) is 9.53. The van der Waals surface area contributed by atoms with E-state index in [9.17, 15) is 5.11 Å². The first kappa shape index (κ1) is 13.4. The molecule has 0 aliphatic rings. The molecule has 17 heavy (non-hydrogen) atoms. The molecule has 0 unspecified atom stereocenters. The normalized spacial score (nSPS) is 12.0. The van der Waals surface area contributed by atoms with Crippen LogP contribution in [-0.2, 0) is 0 Å². The monoisotopic (exact) mass is 237 g/mol. The molecule has 0 spiro atoms. The number of methoxy groups -OCH3 is 2. The van der Waals surface area contributed by atoms with Crippen molar-refractivity contribution in [2.45, 2.75) is 19.4 Å². The maximum atomic E-state index is 9.53. The lowest BCUT2D eigenvalue weighted by molar-refractivity contribution is 0.370. The topological polar surface area (TPSA) is 64.7 Å². The minimum atomic E-state index is -0.266. The second-order valence-corrected chi connectivity index (χ2v) is 4.03. The summed E-state index contributed by atoms with van der Waals surface area (Å²) < 4.78 is 10.4. The molecule has 3 N–H and O–H groups in total. The van der Waals surface area contributed by atoms with Crippen molar-refractivity contribution in [2.75, 3.05) is 14.2 Å². The van der Waals surface area contributed by atoms with E-state index >= 15 is 0 Å². The van der Waals surface area contributed by atoms with E-state index in [0.29, 0.717) is 17.9 Å². The summed E-state index contributed by atoms with van der Waals surface area (Å²) in [5.41, 5.74) is 7.82. The molecule has 0 bridgehead atoms. The van der Waals surface area contributed by atoms with Crippen molar-refractivity contribution in [3.63, 3.8) is 0 Å². The fourth-order valence-corrected chi connectivity index (χ4v) is 1.77. The molecule has 0 saturated heterocycles. The first-order chi connectivity index (χ1) is 7.99. The smallest absolute Gasteiger partial charge is 0.131 e. The zero-order valence-electron chi connectivity index (χ0n) is 10.5. The molecule has 1 atom stereocenters. The Morgan fingerprint density at radius 3 is 2.18 bits per heavy atom. The maximum Gasteiger partial charge on any atom is 0.131 e. The highest BCUT2D eigenvalue weighted by Crippen LogP contribution is 2.38. The molecular weight excluding hydrogens is 218 g/mol. The highest BCUT2D eigenvalue weighted by atomic mass is 16.5. The highest BCUT2D eigenvalue weighted by molar-refractivity contribution is 5.52. The van der Waals surface area contributed by atoms with Gasteiger partial charge in [0, 0.05) is 18.2 Å². The lowest BCUT2D eigenvalue weighted by Gasteiger charge is -2.19. The third-order valence-electron chi connectivity index (χ3n) is 2.47. The zero-order valence-corrected chi connectivity index (χ0v) is 10.5. The van der Waals surface area contributed by atoms with Gasteiger partial charge in [-0.2, -0.15) is 0 Å². The molecule has 0 fully saturated rings. The molecule has 1 aromatic rings. The summed E-state index contributed by atoms with van der Waals surface area (Å²) in [6.45, 7) is 5.75. The van der Waals surface area contributed by atoms with Crippen LogP contribution in [0.4, 0.5) is 0 Å². The lowest BCUT2D eigenvalue weighted by Crippen LogP contribution is -2.13. The minimum absolute atomic E-state index is 0.0879. The van der Waals surface area contributed by atoms with Crippen LogP contribution >= 0.6 is 0 Å². The average molecular weight is 237 g/mol. The van der Waals surface area contributed by atoms with Crippen LogP contribution in [0.5, 0.6) is 17.2 Å². The van der Waals surface area contributed by atoms with Crippen molar-refractivity contribution in [2.24, 2.45) is 5.73 Å². The molecule has 0 aliphatic heterocycles. The molecule has 4 heteroatoms. The van der Waals surface area contributed by atoms with Crippen LogP contribution in [-0.4, -0.2) is 19.3 Å². The largest absolute Gasteiger partial charge is 0.508 e. The number of phenolic OH excluding ortho intramolecular Hbond substituents is 1. The number of benzene rings is 1. The second-order valence-electron chi connectivity index (χ2n) is 4.03. The first-order valence-corrected chi connectivity index (χ1v) is 5.34. The number of rotatable bonds is 5. The van der Waals surface area contributed by atoms with Gasteiger partial charge in [0.25, 0.3) is 0 Å². The van der Waals surface area contributed by atoms with E-state index in [1.165, 1.54) is 26.4 Å². The van der Waals surface area contributed by atoms with Gasteiger partial charge in [-0.25, -0.2) is 0 Å². The molecule has 0 radical (unpaired) electrons. The maximum absolute atomic E-state index is 9.53. The van der Waals surface area contributed by atoms with Crippen molar-refractivity contribution in [3.05, 3.63) is 29.8 Å². The Bertz CT molecular complexity index is 390. The fourth-order valence-electron chi connectivity index (χ4n) is 1.77. The molecule has 0 saturated carbocycles. The molecular formula is C13H19NO3. The van der Waals surface area contributed by atoms with Gasteiger partial charge in [0.15, 0.2) is 0 Å². The van der Waals surface area contributed by atoms with E-state index in [-0.39, 0.29) is 11.8 Å². The minimum Gasteiger partial charge on any atom is -0.508 e. The summed E-state index contributed by atoms with van der Waals surface area (Å²) in [6, 6.07) is 2.78. The Balaban J connectivity index is 3.23. The number of hydrogen-bond acceptors (Lipinski definition) is 4. The Labute approximate surface area is 102 Å². The molecule has 1 rings (SSSR count). The van der Waals surface area contributed by atoms with Crippen molar-refractivity contribution >= 4 is 0 Å². The van der Waals surface area contributed by atoms with E-state index in [4.69, 9.17) is 15.2 Å². The number of phenols is 1. The number of aromatic hydroxyl groups is 1. The van der Waals surface area contributed by atoms with Gasteiger partial charge < -0.3 is 20.3 Å². The summed E-state index contributed by atoms with van der Waals surface area (Å²) in [6.07, 6.45) is 0.636. The summed E-state index contributed by atoms with van der Waals surface area (Å²) in [7, 11) is 3.07. The average Bonchev–Trinajstić information content (AvgIpc) is 2.26. The second kappa shape index (κ2) is 5.59. The number of ether oxygens (including phenoxy) is 2. The van der Waals surface area contributed by atoms with Gasteiger partial charge in [-0.3, -0.25) is 0 Å². The third-order valence-corrected chi connectivity index (χ3v) is 2.47. The predicted octanol–water partition coefficient (Wildman–Crippen LogP) is 2.38. The van der Waals surface area contributed by atoms with Crippen LogP contribution < -0.4 is 15.2 Å². The SMILES string of the molecule is C=C(C)C[C@@H](N)c1c(OC)cc(O)cc1OC. The summed E-state index contributed by atoms with van der Waals surface area (Å²) in [5.74, 6) is 1.14. The van der Waals surface area contributed by atoms with Crippen molar-refractivity contribution in [3.8, 4) is 17.2 Å². The third kappa shape index (κ3) is 3.14. The van der Waals surface area contributed by atoms with Gasteiger partial charge in [-0.05, 0) is 13.3 Å². The van der Waals surface area contributed by atoms with Crippen LogP contribution in [0.2, 0.25) is 0 Å². The Morgan fingerprint density at radius 2 is 1.82 bits per heavy atom. The number of nitrogens with two attached hydrogens (primary N) is 1. The Kier molecular flexibility index (Phi) is 4.40. The quantitative estimate of drug-likeness (QED) is 0.772. The van der Waals surface area contributed by atoms with E-state index in [0.717, 1.165) is 11.1 Å². The zero-order chi connectivity index (χ0) is 13.0. The molecule has 0 heterocycles. The van der Waals surface area contributed by atoms with Crippen LogP contribution in [0, 0.1) is 0 Å². The van der Waals surface area contributed by atoms with Crippen molar-refractivity contribution < 1.29 is 14.6 Å². The van der Waals surface area contributed by atoms with Crippen LogP contribution in [0.15, 0.2) is 24.3 Å².